The molecule has 1 aliphatic rings. The highest BCUT2D eigenvalue weighted by Crippen LogP contribution is 2.24. The van der Waals surface area contributed by atoms with E-state index in [0.717, 1.165) is 16.9 Å². The number of aliphatic hydroxyl groups is 1. The molecule has 4 rings (SSSR count). The maximum atomic E-state index is 12.6. The SMILES string of the molecule is OCC(F)c1ccccc1.c1nc(NC2CCCC2)c2cn[nH]c2n1. The summed E-state index contributed by atoms with van der Waals surface area (Å²) in [6.45, 7) is -0.440. The van der Waals surface area contributed by atoms with Gasteiger partial charge in [-0.1, -0.05) is 43.2 Å². The van der Waals surface area contributed by atoms with Crippen LogP contribution in [0, 0.1) is 0 Å². The van der Waals surface area contributed by atoms with Gasteiger partial charge in [-0.25, -0.2) is 14.4 Å². The number of H-pyrrole nitrogens is 1. The molecule has 25 heavy (non-hydrogen) atoms. The summed E-state index contributed by atoms with van der Waals surface area (Å²) in [6.07, 6.45) is 7.22. The summed E-state index contributed by atoms with van der Waals surface area (Å²) in [5, 5.41) is 19.7. The first-order valence-electron chi connectivity index (χ1n) is 8.48. The minimum atomic E-state index is -1.24. The number of aromatic nitrogens is 4. The lowest BCUT2D eigenvalue weighted by molar-refractivity contribution is 0.180. The number of nitrogens with zero attached hydrogens (tertiary/aromatic N) is 3. The number of benzene rings is 1. The van der Waals surface area contributed by atoms with Crippen LogP contribution in [0.2, 0.25) is 0 Å². The Morgan fingerprint density at radius 1 is 1.20 bits per heavy atom. The van der Waals surface area contributed by atoms with Crippen molar-refractivity contribution < 1.29 is 9.50 Å². The van der Waals surface area contributed by atoms with Gasteiger partial charge in [0.05, 0.1) is 18.2 Å². The van der Waals surface area contributed by atoms with Crippen LogP contribution in [0.1, 0.15) is 37.4 Å². The highest BCUT2D eigenvalue weighted by Gasteiger charge is 2.16. The molecule has 1 aliphatic carbocycles. The van der Waals surface area contributed by atoms with E-state index in [9.17, 15) is 4.39 Å². The van der Waals surface area contributed by atoms with Gasteiger partial charge in [0.1, 0.15) is 18.3 Å². The lowest BCUT2D eigenvalue weighted by Gasteiger charge is -2.12. The molecule has 2 heterocycles. The van der Waals surface area contributed by atoms with Crippen LogP contribution in [0.4, 0.5) is 10.2 Å². The van der Waals surface area contributed by atoms with Gasteiger partial charge in [-0.05, 0) is 18.4 Å². The molecule has 6 nitrogen and oxygen atoms in total. The largest absolute Gasteiger partial charge is 0.393 e. The van der Waals surface area contributed by atoms with Gasteiger partial charge in [-0.3, -0.25) is 5.10 Å². The summed E-state index contributed by atoms with van der Waals surface area (Å²) >= 11 is 0. The topological polar surface area (TPSA) is 86.7 Å². The maximum Gasteiger partial charge on any atom is 0.160 e. The van der Waals surface area contributed by atoms with Crippen LogP contribution in [0.15, 0.2) is 42.9 Å². The average Bonchev–Trinajstić information content (AvgIpc) is 3.34. The van der Waals surface area contributed by atoms with Crippen LogP contribution in [0.3, 0.4) is 0 Å². The molecule has 0 saturated heterocycles. The molecule has 1 saturated carbocycles. The Bertz CT molecular complexity index is 773. The third-order valence-corrected chi connectivity index (χ3v) is 4.27. The fraction of sp³-hybridized carbons (Fsp3) is 0.389. The van der Waals surface area contributed by atoms with Crippen molar-refractivity contribution in [1.82, 2.24) is 20.2 Å². The monoisotopic (exact) mass is 343 g/mol. The summed E-state index contributed by atoms with van der Waals surface area (Å²) in [7, 11) is 0. The predicted molar refractivity (Wildman–Crippen MR) is 94.9 cm³/mol. The summed E-state index contributed by atoms with van der Waals surface area (Å²) < 4.78 is 12.6. The van der Waals surface area contributed by atoms with Crippen molar-refractivity contribution in [3.63, 3.8) is 0 Å². The fourth-order valence-electron chi connectivity index (χ4n) is 2.91. The lowest BCUT2D eigenvalue weighted by Crippen LogP contribution is -2.15. The van der Waals surface area contributed by atoms with Crippen molar-refractivity contribution in [3.05, 3.63) is 48.4 Å². The normalized spacial score (nSPS) is 15.6. The summed E-state index contributed by atoms with van der Waals surface area (Å²) in [6, 6.07) is 9.18. The molecule has 3 aromatic rings. The first-order valence-corrected chi connectivity index (χ1v) is 8.48. The number of alkyl halides is 1. The number of aliphatic hydroxyl groups excluding tert-OH is 1. The van der Waals surface area contributed by atoms with E-state index in [1.807, 2.05) is 6.07 Å². The highest BCUT2D eigenvalue weighted by molar-refractivity contribution is 5.85. The molecule has 0 radical (unpaired) electrons. The van der Waals surface area contributed by atoms with Crippen LogP contribution in [-0.2, 0) is 0 Å². The zero-order valence-corrected chi connectivity index (χ0v) is 13.9. The van der Waals surface area contributed by atoms with Crippen LogP contribution in [-0.4, -0.2) is 37.9 Å². The van der Waals surface area contributed by atoms with Gasteiger partial charge < -0.3 is 10.4 Å². The van der Waals surface area contributed by atoms with Crippen molar-refractivity contribution in [2.75, 3.05) is 11.9 Å². The zero-order valence-electron chi connectivity index (χ0n) is 13.9. The Kier molecular flexibility index (Phi) is 5.90. The van der Waals surface area contributed by atoms with Crippen LogP contribution >= 0.6 is 0 Å². The van der Waals surface area contributed by atoms with E-state index in [2.05, 4.69) is 25.5 Å². The minimum absolute atomic E-state index is 0.440. The Morgan fingerprint density at radius 3 is 2.68 bits per heavy atom. The van der Waals surface area contributed by atoms with E-state index in [4.69, 9.17) is 5.11 Å². The van der Waals surface area contributed by atoms with Gasteiger partial charge in [-0.15, -0.1) is 0 Å². The molecule has 132 valence electrons. The van der Waals surface area contributed by atoms with Gasteiger partial charge in [0.2, 0.25) is 0 Å². The molecule has 1 unspecified atom stereocenters. The minimum Gasteiger partial charge on any atom is -0.393 e. The van der Waals surface area contributed by atoms with Crippen LogP contribution in [0.5, 0.6) is 0 Å². The molecule has 0 aliphatic heterocycles. The number of rotatable bonds is 4. The van der Waals surface area contributed by atoms with Crippen molar-refractivity contribution in [1.29, 1.82) is 0 Å². The standard InChI is InChI=1S/C10H13N5.C8H9FO/c1-2-4-7(3-1)14-9-8-5-13-15-10(8)12-6-11-9;9-8(6-10)7-4-2-1-3-5-7/h5-7H,1-4H2,(H2,11,12,13,14,15);1-5,8,10H,6H2. The van der Waals surface area contributed by atoms with E-state index in [1.54, 1.807) is 36.8 Å². The van der Waals surface area contributed by atoms with Gasteiger partial charge in [-0.2, -0.15) is 5.10 Å². The number of hydrogen-bond acceptors (Lipinski definition) is 5. The molecule has 3 N–H and O–H groups in total. The van der Waals surface area contributed by atoms with Gasteiger partial charge in [0.25, 0.3) is 0 Å². The van der Waals surface area contributed by atoms with Crippen molar-refractivity contribution >= 4 is 16.9 Å². The van der Waals surface area contributed by atoms with Crippen molar-refractivity contribution in [3.8, 4) is 0 Å². The van der Waals surface area contributed by atoms with Crippen LogP contribution in [0.25, 0.3) is 11.0 Å². The number of fused-ring (bicyclic) bond motifs is 1. The Labute approximate surface area is 145 Å². The third-order valence-electron chi connectivity index (χ3n) is 4.27. The molecule has 1 aromatic carbocycles. The second-order valence-corrected chi connectivity index (χ2v) is 6.04. The molecule has 1 fully saturated rings. The van der Waals surface area contributed by atoms with Crippen molar-refractivity contribution in [2.24, 2.45) is 0 Å². The zero-order chi connectivity index (χ0) is 17.5. The Morgan fingerprint density at radius 2 is 1.96 bits per heavy atom. The first kappa shape index (κ1) is 17.3. The lowest BCUT2D eigenvalue weighted by atomic mass is 10.1. The molecular formula is C18H22FN5O. The molecule has 1 atom stereocenters. The summed E-state index contributed by atoms with van der Waals surface area (Å²) in [5.41, 5.74) is 1.33. The number of nitrogens with one attached hydrogen (secondary N) is 2. The molecule has 2 aromatic heterocycles. The molecule has 0 bridgehead atoms. The second-order valence-electron chi connectivity index (χ2n) is 6.04. The maximum absolute atomic E-state index is 12.6. The Hall–Kier alpha value is -2.54. The highest BCUT2D eigenvalue weighted by atomic mass is 19.1. The van der Waals surface area contributed by atoms with E-state index >= 15 is 0 Å². The summed E-state index contributed by atoms with van der Waals surface area (Å²) in [4.78, 5) is 8.37. The number of halogens is 1. The first-order chi connectivity index (χ1) is 12.3. The fourth-order valence-corrected chi connectivity index (χ4v) is 2.91. The quantitative estimate of drug-likeness (QED) is 0.676. The summed E-state index contributed by atoms with van der Waals surface area (Å²) in [5.74, 6) is 0.903. The number of aromatic amines is 1. The van der Waals surface area contributed by atoms with E-state index in [-0.39, 0.29) is 0 Å². The van der Waals surface area contributed by atoms with Gasteiger partial charge in [0.15, 0.2) is 5.65 Å². The molecule has 0 amide bonds. The van der Waals surface area contributed by atoms with Crippen molar-refractivity contribution in [2.45, 2.75) is 37.9 Å². The van der Waals surface area contributed by atoms with E-state index in [0.29, 0.717) is 11.6 Å². The van der Waals surface area contributed by atoms with E-state index in [1.165, 1.54) is 25.7 Å². The van der Waals surface area contributed by atoms with Gasteiger partial charge >= 0.3 is 0 Å². The molecule has 0 spiro atoms. The predicted octanol–water partition coefficient (Wildman–Crippen LogP) is 3.40. The molecule has 7 heteroatoms. The molecular weight excluding hydrogens is 321 g/mol. The third kappa shape index (κ3) is 4.51. The average molecular weight is 343 g/mol. The number of hydrogen-bond donors (Lipinski definition) is 3. The van der Waals surface area contributed by atoms with E-state index < -0.39 is 12.8 Å². The smallest absolute Gasteiger partial charge is 0.160 e. The van der Waals surface area contributed by atoms with Crippen LogP contribution < -0.4 is 5.32 Å². The number of anilines is 1. The Balaban J connectivity index is 0.000000160. The van der Waals surface area contributed by atoms with Gasteiger partial charge in [0, 0.05) is 6.04 Å². The second kappa shape index (κ2) is 8.53.